The van der Waals surface area contributed by atoms with E-state index in [1.54, 1.807) is 0 Å². The van der Waals surface area contributed by atoms with Crippen molar-refractivity contribution in [1.29, 1.82) is 0 Å². The Morgan fingerprint density at radius 2 is 2.00 bits per heavy atom. The molecule has 1 aliphatic heterocycles. The monoisotopic (exact) mass is 201 g/mol. The van der Waals surface area contributed by atoms with Crippen LogP contribution in [0.5, 0.6) is 0 Å². The molecule has 1 nitrogen and oxygen atoms in total. The van der Waals surface area contributed by atoms with Crippen molar-refractivity contribution >= 4 is 0 Å². The van der Waals surface area contributed by atoms with Gasteiger partial charge >= 0.3 is 0 Å². The van der Waals surface area contributed by atoms with Crippen LogP contribution in [0.1, 0.15) is 18.9 Å². The van der Waals surface area contributed by atoms with E-state index >= 15 is 0 Å². The Morgan fingerprint density at radius 1 is 1.20 bits per heavy atom. The van der Waals surface area contributed by atoms with E-state index in [-0.39, 0.29) is 0 Å². The van der Waals surface area contributed by atoms with Crippen LogP contribution >= 0.6 is 0 Å². The lowest BCUT2D eigenvalue weighted by Crippen LogP contribution is -2.33. The van der Waals surface area contributed by atoms with Crippen molar-refractivity contribution in [1.82, 2.24) is 4.90 Å². The molecule has 1 heteroatoms. The van der Waals surface area contributed by atoms with Gasteiger partial charge in [-0.25, -0.2) is 0 Å². The molecule has 2 unspecified atom stereocenters. The Kier molecular flexibility index (Phi) is 2.28. The van der Waals surface area contributed by atoms with Gasteiger partial charge in [0.05, 0.1) is 0 Å². The molecule has 1 saturated heterocycles. The second-order valence-electron chi connectivity index (χ2n) is 5.32. The van der Waals surface area contributed by atoms with Crippen molar-refractivity contribution in [3.8, 4) is 0 Å². The van der Waals surface area contributed by atoms with Crippen LogP contribution in [0, 0.1) is 17.8 Å². The number of fused-ring (bicyclic) bond motifs is 1. The van der Waals surface area contributed by atoms with Crippen molar-refractivity contribution < 1.29 is 0 Å². The van der Waals surface area contributed by atoms with Gasteiger partial charge in [0.2, 0.25) is 0 Å². The number of rotatable bonds is 2. The van der Waals surface area contributed by atoms with Gasteiger partial charge in [-0.15, -0.1) is 0 Å². The Labute approximate surface area is 92.1 Å². The Hall–Kier alpha value is -0.820. The zero-order valence-electron chi connectivity index (χ0n) is 9.39. The van der Waals surface area contributed by atoms with Crippen LogP contribution in [0.15, 0.2) is 30.3 Å². The highest BCUT2D eigenvalue weighted by Gasteiger charge is 2.44. The van der Waals surface area contributed by atoms with Crippen LogP contribution in [0.25, 0.3) is 0 Å². The topological polar surface area (TPSA) is 3.24 Å². The maximum Gasteiger partial charge on any atom is 0.0233 e. The lowest BCUT2D eigenvalue weighted by Gasteiger charge is -2.36. The highest BCUT2D eigenvalue weighted by molar-refractivity contribution is 5.15. The molecule has 3 atom stereocenters. The quantitative estimate of drug-likeness (QED) is 0.711. The first-order valence-electron chi connectivity index (χ1n) is 6.09. The number of hydrogen-bond acceptors (Lipinski definition) is 1. The van der Waals surface area contributed by atoms with Gasteiger partial charge in [0.25, 0.3) is 0 Å². The van der Waals surface area contributed by atoms with Crippen LogP contribution in [-0.2, 0) is 6.54 Å². The number of nitrogens with zero attached hydrogens (tertiary/aromatic N) is 1. The zero-order valence-corrected chi connectivity index (χ0v) is 9.39. The Balaban J connectivity index is 1.62. The zero-order chi connectivity index (χ0) is 10.3. The van der Waals surface area contributed by atoms with Crippen LogP contribution < -0.4 is 0 Å². The normalized spacial score (nSPS) is 34.9. The van der Waals surface area contributed by atoms with E-state index < -0.39 is 0 Å². The summed E-state index contributed by atoms with van der Waals surface area (Å²) in [6.07, 6.45) is 1.47. The predicted octanol–water partition coefficient (Wildman–Crippen LogP) is 2.77. The van der Waals surface area contributed by atoms with Gasteiger partial charge in [-0.3, -0.25) is 4.90 Å². The third-order valence-electron chi connectivity index (χ3n) is 4.22. The minimum Gasteiger partial charge on any atom is -0.299 e. The van der Waals surface area contributed by atoms with Gasteiger partial charge in [0.15, 0.2) is 0 Å². The fourth-order valence-corrected chi connectivity index (χ4v) is 3.31. The van der Waals surface area contributed by atoms with E-state index in [9.17, 15) is 0 Å². The second-order valence-corrected chi connectivity index (χ2v) is 5.32. The van der Waals surface area contributed by atoms with Gasteiger partial charge in [-0.05, 0) is 29.7 Å². The fourth-order valence-electron chi connectivity index (χ4n) is 3.31. The third kappa shape index (κ3) is 1.69. The molecule has 1 heterocycles. The fraction of sp³-hybridized carbons (Fsp3) is 0.571. The second kappa shape index (κ2) is 3.64. The minimum absolute atomic E-state index is 0.982. The van der Waals surface area contributed by atoms with Gasteiger partial charge < -0.3 is 0 Å². The maximum absolute atomic E-state index is 2.63. The largest absolute Gasteiger partial charge is 0.299 e. The van der Waals surface area contributed by atoms with Gasteiger partial charge in [-0.2, -0.15) is 0 Å². The van der Waals surface area contributed by atoms with Gasteiger partial charge in [0.1, 0.15) is 0 Å². The summed E-state index contributed by atoms with van der Waals surface area (Å²) in [4.78, 5) is 2.63. The summed E-state index contributed by atoms with van der Waals surface area (Å²) in [5.74, 6) is 3.01. The van der Waals surface area contributed by atoms with Gasteiger partial charge in [-0.1, -0.05) is 37.3 Å². The molecular formula is C14H19N. The molecule has 2 fully saturated rings. The van der Waals surface area contributed by atoms with E-state index in [2.05, 4.69) is 42.2 Å². The average molecular weight is 201 g/mol. The van der Waals surface area contributed by atoms with Crippen molar-refractivity contribution in [3.63, 3.8) is 0 Å². The molecule has 1 aromatic carbocycles. The Morgan fingerprint density at radius 3 is 2.67 bits per heavy atom. The summed E-state index contributed by atoms with van der Waals surface area (Å²) in [5.41, 5.74) is 1.46. The van der Waals surface area contributed by atoms with E-state index in [0.29, 0.717) is 0 Å². The first-order chi connectivity index (χ1) is 7.33. The molecule has 0 amide bonds. The molecule has 0 aromatic heterocycles. The van der Waals surface area contributed by atoms with Gasteiger partial charge in [0, 0.05) is 19.6 Å². The highest BCUT2D eigenvalue weighted by Crippen LogP contribution is 2.45. The number of likely N-dealkylation sites (tertiary alicyclic amines) is 1. The van der Waals surface area contributed by atoms with Crippen molar-refractivity contribution in [2.75, 3.05) is 13.1 Å². The summed E-state index contributed by atoms with van der Waals surface area (Å²) in [6.45, 7) is 6.23. The van der Waals surface area contributed by atoms with Crippen molar-refractivity contribution in [2.45, 2.75) is 19.9 Å². The lowest BCUT2D eigenvalue weighted by molar-refractivity contribution is 0.139. The first-order valence-corrected chi connectivity index (χ1v) is 6.09. The van der Waals surface area contributed by atoms with Crippen LogP contribution in [0.3, 0.4) is 0 Å². The SMILES string of the molecule is C[C@H]1CC2CN(Cc3ccccc3)CC21. The Bertz CT molecular complexity index is 332. The molecule has 1 aromatic rings. The molecule has 80 valence electrons. The summed E-state index contributed by atoms with van der Waals surface area (Å²) >= 11 is 0. The standard InChI is InChI=1S/C14H19N/c1-11-7-13-9-15(10-14(11)13)8-12-5-3-2-4-6-12/h2-6,11,13-14H,7-10H2,1H3/t11-,13?,14?/m0/s1. The number of hydrogen-bond donors (Lipinski definition) is 0. The molecule has 15 heavy (non-hydrogen) atoms. The molecule has 0 spiro atoms. The molecule has 1 aliphatic carbocycles. The summed E-state index contributed by atoms with van der Waals surface area (Å²) < 4.78 is 0. The van der Waals surface area contributed by atoms with Crippen LogP contribution in [-0.4, -0.2) is 18.0 Å². The number of benzene rings is 1. The van der Waals surface area contributed by atoms with E-state index in [4.69, 9.17) is 0 Å². The predicted molar refractivity (Wildman–Crippen MR) is 62.5 cm³/mol. The van der Waals surface area contributed by atoms with Crippen molar-refractivity contribution in [3.05, 3.63) is 35.9 Å². The minimum atomic E-state index is 0.982. The summed E-state index contributed by atoms with van der Waals surface area (Å²) in [6, 6.07) is 10.9. The molecule has 1 saturated carbocycles. The third-order valence-corrected chi connectivity index (χ3v) is 4.22. The molecule has 2 aliphatic rings. The van der Waals surface area contributed by atoms with Crippen LogP contribution in [0.2, 0.25) is 0 Å². The van der Waals surface area contributed by atoms with E-state index in [0.717, 1.165) is 24.3 Å². The molecule has 0 bridgehead atoms. The van der Waals surface area contributed by atoms with E-state index in [1.807, 2.05) is 0 Å². The molecular weight excluding hydrogens is 182 g/mol. The maximum atomic E-state index is 2.63. The van der Waals surface area contributed by atoms with E-state index in [1.165, 1.54) is 25.1 Å². The average Bonchev–Trinajstić information content (AvgIpc) is 2.57. The smallest absolute Gasteiger partial charge is 0.0233 e. The summed E-state index contributed by atoms with van der Waals surface area (Å²) in [7, 11) is 0. The molecule has 0 radical (unpaired) electrons. The summed E-state index contributed by atoms with van der Waals surface area (Å²) in [5, 5.41) is 0. The molecule has 3 rings (SSSR count). The van der Waals surface area contributed by atoms with Crippen molar-refractivity contribution in [2.24, 2.45) is 17.8 Å². The molecule has 0 N–H and O–H groups in total. The first kappa shape index (κ1) is 9.41. The van der Waals surface area contributed by atoms with Crippen LogP contribution in [0.4, 0.5) is 0 Å². The highest BCUT2D eigenvalue weighted by atomic mass is 15.2. The lowest BCUT2D eigenvalue weighted by atomic mass is 9.68.